The van der Waals surface area contributed by atoms with Gasteiger partial charge in [0.15, 0.2) is 0 Å². The molecule has 2 rings (SSSR count). The van der Waals surface area contributed by atoms with Gasteiger partial charge in [-0.3, -0.25) is 15.1 Å². The predicted octanol–water partition coefficient (Wildman–Crippen LogP) is 2.20. The lowest BCUT2D eigenvalue weighted by molar-refractivity contribution is 0.0952. The molecule has 1 saturated carbocycles. The van der Waals surface area contributed by atoms with Gasteiger partial charge in [0.05, 0.1) is 12.1 Å². The Hall–Kier alpha value is -1.33. The van der Waals surface area contributed by atoms with Crippen molar-refractivity contribution in [3.8, 4) is 0 Å². The number of nitrogens with one attached hydrogen (secondary N) is 1. The van der Waals surface area contributed by atoms with Crippen molar-refractivity contribution in [2.24, 2.45) is 11.8 Å². The number of nitrogens with zero attached hydrogens (tertiary/aromatic N) is 1. The molecule has 1 heterocycles. The lowest BCUT2D eigenvalue weighted by atomic mass is 9.86. The second kappa shape index (κ2) is 6.41. The quantitative estimate of drug-likeness (QED) is 0.503. The van der Waals surface area contributed by atoms with Crippen molar-refractivity contribution < 1.29 is 9.21 Å². The van der Waals surface area contributed by atoms with E-state index in [-0.39, 0.29) is 5.91 Å². The summed E-state index contributed by atoms with van der Waals surface area (Å²) in [5.41, 5.74) is 2.67. The summed E-state index contributed by atoms with van der Waals surface area (Å²) in [7, 11) is 2.13. The van der Waals surface area contributed by atoms with Crippen LogP contribution in [0.3, 0.4) is 0 Å². The van der Waals surface area contributed by atoms with E-state index >= 15 is 0 Å². The molecule has 0 aromatic carbocycles. The Bertz CT molecular complexity index is 470. The topological polar surface area (TPSA) is 71.5 Å². The third-order valence-corrected chi connectivity index (χ3v) is 4.28. The predicted molar refractivity (Wildman–Crippen MR) is 78.0 cm³/mol. The van der Waals surface area contributed by atoms with Crippen LogP contribution in [0.1, 0.15) is 54.5 Å². The molecule has 1 fully saturated rings. The second-order valence-corrected chi connectivity index (χ2v) is 6.00. The molecule has 1 aromatic heterocycles. The highest BCUT2D eigenvalue weighted by Gasteiger charge is 2.23. The van der Waals surface area contributed by atoms with Gasteiger partial charge in [-0.25, -0.2) is 5.84 Å². The van der Waals surface area contributed by atoms with Gasteiger partial charge in [-0.05, 0) is 38.8 Å². The number of nitrogen functional groups attached to an aromatic ring is 1. The molecule has 5 heteroatoms. The average molecular weight is 279 g/mol. The van der Waals surface area contributed by atoms with E-state index in [1.807, 2.05) is 0 Å². The van der Waals surface area contributed by atoms with Crippen LogP contribution in [0.2, 0.25) is 0 Å². The smallest absolute Gasteiger partial charge is 0.268 e. The molecule has 3 N–H and O–H groups in total. The minimum atomic E-state index is -0.300. The Morgan fingerprint density at radius 3 is 2.95 bits per heavy atom. The van der Waals surface area contributed by atoms with Crippen molar-refractivity contribution in [2.75, 3.05) is 7.05 Å². The van der Waals surface area contributed by atoms with E-state index in [0.717, 1.165) is 18.2 Å². The first-order valence-corrected chi connectivity index (χ1v) is 7.31. The fourth-order valence-corrected chi connectivity index (χ4v) is 3.10. The van der Waals surface area contributed by atoms with Crippen LogP contribution in [0.15, 0.2) is 10.5 Å². The Kier molecular flexibility index (Phi) is 4.83. The van der Waals surface area contributed by atoms with Gasteiger partial charge in [0, 0.05) is 6.04 Å². The molecule has 0 spiro atoms. The van der Waals surface area contributed by atoms with Crippen LogP contribution in [0.25, 0.3) is 0 Å². The SMILES string of the molecule is Cc1oc(CN(C)C2CCCC(C)C2)cc1C(=O)NN. The highest BCUT2D eigenvalue weighted by atomic mass is 16.3. The van der Waals surface area contributed by atoms with Gasteiger partial charge < -0.3 is 4.42 Å². The van der Waals surface area contributed by atoms with Gasteiger partial charge in [0.1, 0.15) is 11.5 Å². The summed E-state index contributed by atoms with van der Waals surface area (Å²) in [6, 6.07) is 2.40. The minimum Gasteiger partial charge on any atom is -0.464 e. The van der Waals surface area contributed by atoms with Gasteiger partial charge in [0.25, 0.3) is 5.91 Å². The Labute approximate surface area is 120 Å². The van der Waals surface area contributed by atoms with Crippen LogP contribution in [0, 0.1) is 12.8 Å². The second-order valence-electron chi connectivity index (χ2n) is 6.00. The number of nitrogens with two attached hydrogens (primary N) is 1. The van der Waals surface area contributed by atoms with Crippen LogP contribution >= 0.6 is 0 Å². The molecule has 2 unspecified atom stereocenters. The summed E-state index contributed by atoms with van der Waals surface area (Å²) in [6.45, 7) is 4.84. The van der Waals surface area contributed by atoms with Gasteiger partial charge in [-0.15, -0.1) is 0 Å². The van der Waals surface area contributed by atoms with E-state index in [1.165, 1.54) is 25.7 Å². The Balaban J connectivity index is 2.00. The van der Waals surface area contributed by atoms with Crippen molar-refractivity contribution in [1.29, 1.82) is 0 Å². The summed E-state index contributed by atoms with van der Waals surface area (Å²) in [6.07, 6.45) is 5.13. The number of hydrogen-bond donors (Lipinski definition) is 2. The zero-order valence-electron chi connectivity index (χ0n) is 12.6. The van der Waals surface area contributed by atoms with Crippen LogP contribution in [0.4, 0.5) is 0 Å². The first-order valence-electron chi connectivity index (χ1n) is 7.31. The molecular formula is C15H25N3O2. The summed E-state index contributed by atoms with van der Waals surface area (Å²) in [4.78, 5) is 13.9. The summed E-state index contributed by atoms with van der Waals surface area (Å²) >= 11 is 0. The van der Waals surface area contributed by atoms with E-state index in [2.05, 4.69) is 24.3 Å². The van der Waals surface area contributed by atoms with Gasteiger partial charge in [0.2, 0.25) is 0 Å². The number of carbonyl (C=O) groups excluding carboxylic acids is 1. The Morgan fingerprint density at radius 1 is 1.55 bits per heavy atom. The first kappa shape index (κ1) is 15.1. The monoisotopic (exact) mass is 279 g/mol. The molecule has 20 heavy (non-hydrogen) atoms. The number of carbonyl (C=O) groups is 1. The molecule has 0 saturated heterocycles. The molecule has 1 aliphatic rings. The number of hydrogen-bond acceptors (Lipinski definition) is 4. The fraction of sp³-hybridized carbons (Fsp3) is 0.667. The van der Waals surface area contributed by atoms with Crippen molar-refractivity contribution in [3.05, 3.63) is 23.2 Å². The number of rotatable bonds is 4. The van der Waals surface area contributed by atoms with E-state index in [0.29, 0.717) is 17.4 Å². The van der Waals surface area contributed by atoms with Gasteiger partial charge >= 0.3 is 0 Å². The van der Waals surface area contributed by atoms with Gasteiger partial charge in [-0.2, -0.15) is 0 Å². The third kappa shape index (κ3) is 3.41. The number of amides is 1. The molecule has 0 aliphatic heterocycles. The fourth-order valence-electron chi connectivity index (χ4n) is 3.10. The van der Waals surface area contributed by atoms with E-state index in [4.69, 9.17) is 10.3 Å². The van der Waals surface area contributed by atoms with Crippen LogP contribution in [-0.2, 0) is 6.54 Å². The summed E-state index contributed by atoms with van der Waals surface area (Å²) in [5, 5.41) is 0. The average Bonchev–Trinajstić information content (AvgIpc) is 2.78. The largest absolute Gasteiger partial charge is 0.464 e. The molecular weight excluding hydrogens is 254 g/mol. The zero-order valence-corrected chi connectivity index (χ0v) is 12.6. The minimum absolute atomic E-state index is 0.300. The molecule has 0 radical (unpaired) electrons. The molecule has 112 valence electrons. The molecule has 2 atom stereocenters. The van der Waals surface area contributed by atoms with Crippen molar-refractivity contribution in [3.63, 3.8) is 0 Å². The van der Waals surface area contributed by atoms with E-state index < -0.39 is 0 Å². The standard InChI is InChI=1S/C15H25N3O2/c1-10-5-4-6-12(7-10)18(3)9-13-8-14(11(2)20-13)15(19)17-16/h8,10,12H,4-7,9,16H2,1-3H3,(H,17,19). The summed E-state index contributed by atoms with van der Waals surface area (Å²) in [5.74, 6) is 7.10. The van der Waals surface area contributed by atoms with Crippen molar-refractivity contribution in [2.45, 2.75) is 52.1 Å². The van der Waals surface area contributed by atoms with Crippen molar-refractivity contribution in [1.82, 2.24) is 10.3 Å². The normalized spacial score (nSPS) is 23.1. The molecule has 1 aliphatic carbocycles. The summed E-state index contributed by atoms with van der Waals surface area (Å²) < 4.78 is 5.67. The maximum Gasteiger partial charge on any atom is 0.268 e. The third-order valence-electron chi connectivity index (χ3n) is 4.28. The Morgan fingerprint density at radius 2 is 2.30 bits per heavy atom. The maximum atomic E-state index is 11.6. The number of hydrazine groups is 1. The lowest BCUT2D eigenvalue weighted by Gasteiger charge is -2.33. The maximum absolute atomic E-state index is 11.6. The van der Waals surface area contributed by atoms with Crippen molar-refractivity contribution >= 4 is 5.91 Å². The first-order chi connectivity index (χ1) is 9.51. The van der Waals surface area contributed by atoms with Crippen LogP contribution in [-0.4, -0.2) is 23.9 Å². The number of furan rings is 1. The van der Waals surface area contributed by atoms with Crippen LogP contribution < -0.4 is 11.3 Å². The van der Waals surface area contributed by atoms with E-state index in [1.54, 1.807) is 13.0 Å². The highest BCUT2D eigenvalue weighted by Crippen LogP contribution is 2.28. The van der Waals surface area contributed by atoms with E-state index in [9.17, 15) is 4.79 Å². The molecule has 1 aromatic rings. The van der Waals surface area contributed by atoms with Crippen LogP contribution in [0.5, 0.6) is 0 Å². The molecule has 1 amide bonds. The molecule has 0 bridgehead atoms. The van der Waals surface area contributed by atoms with Gasteiger partial charge in [-0.1, -0.05) is 19.8 Å². The lowest BCUT2D eigenvalue weighted by Crippen LogP contribution is -2.35. The number of aryl methyl sites for hydroxylation is 1. The molecule has 5 nitrogen and oxygen atoms in total. The zero-order chi connectivity index (χ0) is 14.7. The highest BCUT2D eigenvalue weighted by molar-refractivity contribution is 5.94.